The zero-order valence-electron chi connectivity index (χ0n) is 15.6. The summed E-state index contributed by atoms with van der Waals surface area (Å²) in [6, 6.07) is 8.95. The van der Waals surface area contributed by atoms with Crippen molar-refractivity contribution >= 4 is 17.0 Å². The molecule has 4 rings (SSSR count). The van der Waals surface area contributed by atoms with Crippen LogP contribution in [0, 0.1) is 0 Å². The van der Waals surface area contributed by atoms with Gasteiger partial charge in [0.25, 0.3) is 0 Å². The summed E-state index contributed by atoms with van der Waals surface area (Å²) >= 11 is 0. The number of piperidine rings is 1. The fourth-order valence-electron chi connectivity index (χ4n) is 3.55. The van der Waals surface area contributed by atoms with Crippen LogP contribution in [-0.4, -0.2) is 68.2 Å². The minimum atomic E-state index is -0.761. The molecule has 9 nitrogen and oxygen atoms in total. The maximum atomic E-state index is 10.1. The number of benzene rings is 1. The molecular formula is C19H24N6O3. The van der Waals surface area contributed by atoms with Gasteiger partial charge < -0.3 is 26.0 Å². The Balaban J connectivity index is 1.62. The average Bonchev–Trinajstić information content (AvgIpc) is 3.10. The largest absolute Gasteiger partial charge is 0.497 e. The minimum absolute atomic E-state index is 0.405. The van der Waals surface area contributed by atoms with Gasteiger partial charge in [-0.3, -0.25) is 4.90 Å². The van der Waals surface area contributed by atoms with Gasteiger partial charge in [-0.25, -0.2) is 9.50 Å². The fourth-order valence-corrected chi connectivity index (χ4v) is 3.55. The molecule has 0 aliphatic carbocycles. The molecule has 3 heterocycles. The quantitative estimate of drug-likeness (QED) is 0.497. The van der Waals surface area contributed by atoms with Gasteiger partial charge in [-0.1, -0.05) is 6.07 Å². The van der Waals surface area contributed by atoms with Crippen molar-refractivity contribution in [2.75, 3.05) is 25.5 Å². The monoisotopic (exact) mass is 384 g/mol. The van der Waals surface area contributed by atoms with Crippen molar-refractivity contribution in [3.05, 3.63) is 48.4 Å². The molecule has 0 radical (unpaired) electrons. The third-order valence-corrected chi connectivity index (χ3v) is 5.04. The van der Waals surface area contributed by atoms with Crippen molar-refractivity contribution in [2.45, 2.75) is 24.8 Å². The number of aliphatic hydroxyl groups is 2. The van der Waals surface area contributed by atoms with E-state index in [1.165, 1.54) is 6.33 Å². The van der Waals surface area contributed by atoms with Crippen LogP contribution in [0.15, 0.2) is 42.9 Å². The smallest absolute Gasteiger partial charge is 0.158 e. The maximum Gasteiger partial charge on any atom is 0.158 e. The molecule has 9 heteroatoms. The van der Waals surface area contributed by atoms with Gasteiger partial charge in [0.15, 0.2) is 5.82 Å². The van der Waals surface area contributed by atoms with Crippen LogP contribution in [0.25, 0.3) is 5.52 Å². The van der Waals surface area contributed by atoms with E-state index < -0.39 is 18.2 Å². The Morgan fingerprint density at radius 3 is 2.79 bits per heavy atom. The topological polar surface area (TPSA) is 121 Å². The standard InChI is InChI=1S/C19H24N6O3/c1-28-14-4-2-3-13(7-14)23-19-18-12(5-6-25(18)22-11-21-19)8-24-9-15(26)17(20)16(27)10-24/h2-7,11,15-17,26-27H,8-10,20H2,1H3,(H,21,22,23)/t15-,16+,17-. The van der Waals surface area contributed by atoms with E-state index in [0.717, 1.165) is 22.5 Å². The second kappa shape index (κ2) is 7.72. The number of hydrogen-bond acceptors (Lipinski definition) is 8. The summed E-state index contributed by atoms with van der Waals surface area (Å²) in [7, 11) is 1.63. The summed E-state index contributed by atoms with van der Waals surface area (Å²) in [6.45, 7) is 1.35. The highest BCUT2D eigenvalue weighted by Crippen LogP contribution is 2.26. The average molecular weight is 384 g/mol. The molecule has 5 N–H and O–H groups in total. The molecule has 0 spiro atoms. The van der Waals surface area contributed by atoms with Gasteiger partial charge >= 0.3 is 0 Å². The van der Waals surface area contributed by atoms with Crippen molar-refractivity contribution in [3.8, 4) is 5.75 Å². The first-order valence-corrected chi connectivity index (χ1v) is 9.11. The third kappa shape index (κ3) is 3.65. The molecule has 3 aromatic rings. The molecule has 1 aliphatic rings. The lowest BCUT2D eigenvalue weighted by atomic mass is 9.99. The molecule has 0 bridgehead atoms. The van der Waals surface area contributed by atoms with Crippen LogP contribution < -0.4 is 15.8 Å². The van der Waals surface area contributed by atoms with Crippen molar-refractivity contribution in [1.82, 2.24) is 19.5 Å². The highest BCUT2D eigenvalue weighted by Gasteiger charge is 2.32. The molecule has 3 atom stereocenters. The van der Waals surface area contributed by atoms with Crippen LogP contribution in [0.5, 0.6) is 5.75 Å². The number of aromatic nitrogens is 3. The Bertz CT molecular complexity index is 950. The summed E-state index contributed by atoms with van der Waals surface area (Å²) < 4.78 is 7.03. The highest BCUT2D eigenvalue weighted by atomic mass is 16.5. The van der Waals surface area contributed by atoms with Crippen molar-refractivity contribution in [1.29, 1.82) is 0 Å². The maximum absolute atomic E-state index is 10.1. The molecule has 148 valence electrons. The van der Waals surface area contributed by atoms with E-state index in [2.05, 4.69) is 15.4 Å². The lowest BCUT2D eigenvalue weighted by Gasteiger charge is -2.37. The van der Waals surface area contributed by atoms with E-state index in [1.54, 1.807) is 11.6 Å². The number of likely N-dealkylation sites (tertiary alicyclic amines) is 1. The molecule has 2 aromatic heterocycles. The predicted molar refractivity (Wildman–Crippen MR) is 105 cm³/mol. The summed E-state index contributed by atoms with van der Waals surface area (Å²) in [6.07, 6.45) is 1.84. The zero-order chi connectivity index (χ0) is 19.7. The highest BCUT2D eigenvalue weighted by molar-refractivity contribution is 5.76. The summed E-state index contributed by atoms with van der Waals surface area (Å²) in [5.41, 5.74) is 8.48. The number of nitrogens with zero attached hydrogens (tertiary/aromatic N) is 4. The lowest BCUT2D eigenvalue weighted by Crippen LogP contribution is -2.58. The molecule has 0 unspecified atom stereocenters. The number of hydrogen-bond donors (Lipinski definition) is 4. The Morgan fingerprint density at radius 1 is 1.25 bits per heavy atom. The van der Waals surface area contributed by atoms with E-state index in [1.807, 2.05) is 41.4 Å². The van der Waals surface area contributed by atoms with Crippen LogP contribution in [0.1, 0.15) is 5.56 Å². The van der Waals surface area contributed by atoms with Gasteiger partial charge in [0.1, 0.15) is 17.6 Å². The Kier molecular flexibility index (Phi) is 5.14. The van der Waals surface area contributed by atoms with Crippen LogP contribution in [0.2, 0.25) is 0 Å². The first-order chi connectivity index (χ1) is 13.5. The van der Waals surface area contributed by atoms with E-state index in [0.29, 0.717) is 25.5 Å². The molecule has 1 saturated heterocycles. The first kappa shape index (κ1) is 18.6. The number of nitrogens with two attached hydrogens (primary N) is 1. The second-order valence-electron chi connectivity index (χ2n) is 7.01. The number of rotatable bonds is 5. The van der Waals surface area contributed by atoms with E-state index in [4.69, 9.17) is 10.5 Å². The van der Waals surface area contributed by atoms with Crippen molar-refractivity contribution in [2.24, 2.45) is 5.73 Å². The summed E-state index contributed by atoms with van der Waals surface area (Å²) in [5.74, 6) is 1.41. The van der Waals surface area contributed by atoms with Crippen LogP contribution >= 0.6 is 0 Å². The molecule has 1 aromatic carbocycles. The Morgan fingerprint density at radius 2 is 2.04 bits per heavy atom. The van der Waals surface area contributed by atoms with Crippen LogP contribution in [0.4, 0.5) is 11.5 Å². The molecule has 1 aliphatic heterocycles. The molecule has 28 heavy (non-hydrogen) atoms. The van der Waals surface area contributed by atoms with Crippen LogP contribution in [-0.2, 0) is 6.54 Å². The van der Waals surface area contributed by atoms with Gasteiger partial charge in [0.2, 0.25) is 0 Å². The third-order valence-electron chi connectivity index (χ3n) is 5.04. The number of anilines is 2. The predicted octanol–water partition coefficient (Wildman–Crippen LogP) is 0.346. The zero-order valence-corrected chi connectivity index (χ0v) is 15.6. The summed E-state index contributed by atoms with van der Waals surface area (Å²) in [4.78, 5) is 6.39. The van der Waals surface area contributed by atoms with E-state index in [9.17, 15) is 10.2 Å². The van der Waals surface area contributed by atoms with Gasteiger partial charge in [0.05, 0.1) is 25.4 Å². The first-order valence-electron chi connectivity index (χ1n) is 9.11. The Labute approximate surface area is 162 Å². The van der Waals surface area contributed by atoms with Crippen molar-refractivity contribution < 1.29 is 14.9 Å². The number of β-amino-alcohol motifs (C(OH)–C–C–N with tert-alkyl or cyclic N) is 2. The van der Waals surface area contributed by atoms with E-state index in [-0.39, 0.29) is 0 Å². The second-order valence-corrected chi connectivity index (χ2v) is 7.01. The molecular weight excluding hydrogens is 360 g/mol. The molecule has 1 fully saturated rings. The summed E-state index contributed by atoms with van der Waals surface area (Å²) in [5, 5.41) is 27.8. The lowest BCUT2D eigenvalue weighted by molar-refractivity contribution is -0.0289. The number of ether oxygens (including phenoxy) is 1. The van der Waals surface area contributed by atoms with Gasteiger partial charge in [-0.05, 0) is 23.8 Å². The number of nitrogens with one attached hydrogen (secondary N) is 1. The Hall–Kier alpha value is -2.72. The minimum Gasteiger partial charge on any atom is -0.497 e. The normalized spacial score (nSPS) is 23.1. The number of methoxy groups -OCH3 is 1. The van der Waals surface area contributed by atoms with Gasteiger partial charge in [0, 0.05) is 37.6 Å². The van der Waals surface area contributed by atoms with Gasteiger partial charge in [-0.2, -0.15) is 5.10 Å². The number of fused-ring (bicyclic) bond motifs is 1. The van der Waals surface area contributed by atoms with Crippen LogP contribution in [0.3, 0.4) is 0 Å². The van der Waals surface area contributed by atoms with Gasteiger partial charge in [-0.15, -0.1) is 0 Å². The SMILES string of the molecule is COc1cccc(Nc2ncnn3ccc(CN4C[C@@H](O)[C@@H](N)[C@@H](O)C4)c23)c1. The number of aliphatic hydroxyl groups excluding tert-OH is 2. The molecule has 0 saturated carbocycles. The van der Waals surface area contributed by atoms with E-state index >= 15 is 0 Å². The molecule has 0 amide bonds. The fraction of sp³-hybridized carbons (Fsp3) is 0.368. The van der Waals surface area contributed by atoms with Crippen molar-refractivity contribution in [3.63, 3.8) is 0 Å².